The molecule has 2 aliphatic carbocycles. The highest BCUT2D eigenvalue weighted by Gasteiger charge is 2.70. The number of hydrogen-bond donors (Lipinski definition) is 2. The number of likely N-dealkylation sites (tertiary alicyclic amines) is 1. The Morgan fingerprint density at radius 1 is 1.12 bits per heavy atom. The summed E-state index contributed by atoms with van der Waals surface area (Å²) in [5.74, 6) is -2.96. The molecule has 1 aromatic heterocycles. The number of aryl methyl sites for hydroxylation is 1. The zero-order chi connectivity index (χ0) is 28.7. The predicted octanol–water partition coefficient (Wildman–Crippen LogP) is 4.92. The van der Waals surface area contributed by atoms with Crippen LogP contribution in [0.15, 0.2) is 52.3 Å². The summed E-state index contributed by atoms with van der Waals surface area (Å²) in [5.41, 5.74) is 3.03. The third kappa shape index (κ3) is 4.09. The molecule has 3 heterocycles. The number of thiazole rings is 1. The number of carbonyl (C=O) groups excluding carboxylic acids is 2. The lowest BCUT2D eigenvalue weighted by atomic mass is 9.68. The number of aromatic amines is 1. The van der Waals surface area contributed by atoms with Gasteiger partial charge in [0, 0.05) is 26.6 Å². The number of rotatable bonds is 6. The molecule has 7 rings (SSSR count). The quantitative estimate of drug-likeness (QED) is 0.380. The first-order chi connectivity index (χ1) is 19.6. The molecule has 41 heavy (non-hydrogen) atoms. The number of nitrogens with zero attached hydrogens (tertiary/aromatic N) is 1. The van der Waals surface area contributed by atoms with Gasteiger partial charge in [0.1, 0.15) is 18.4 Å². The van der Waals surface area contributed by atoms with Crippen LogP contribution in [0.25, 0.3) is 0 Å². The number of nitrogens with one attached hydrogen (secondary N) is 1. The highest BCUT2D eigenvalue weighted by atomic mass is 35.5. The molecule has 0 spiro atoms. The van der Waals surface area contributed by atoms with Gasteiger partial charge in [0.2, 0.25) is 11.8 Å². The van der Waals surface area contributed by atoms with E-state index in [1.165, 1.54) is 18.3 Å². The van der Waals surface area contributed by atoms with Gasteiger partial charge in [-0.15, -0.1) is 11.8 Å². The third-order valence-corrected chi connectivity index (χ3v) is 12.1. The summed E-state index contributed by atoms with van der Waals surface area (Å²) in [4.78, 5) is 56.2. The van der Waals surface area contributed by atoms with Gasteiger partial charge in [-0.3, -0.25) is 19.3 Å². The number of hydrogen-bond acceptors (Lipinski definition) is 7. The van der Waals surface area contributed by atoms with E-state index >= 15 is 0 Å². The summed E-state index contributed by atoms with van der Waals surface area (Å²) in [6, 6.07) is 12.4. The molecule has 8 nitrogen and oxygen atoms in total. The predicted molar refractivity (Wildman–Crippen MR) is 154 cm³/mol. The van der Waals surface area contributed by atoms with E-state index in [0.29, 0.717) is 23.8 Å². The molecular formula is C30H27ClN2O6S2. The van der Waals surface area contributed by atoms with E-state index < -0.39 is 23.8 Å². The van der Waals surface area contributed by atoms with Gasteiger partial charge in [-0.2, -0.15) is 0 Å². The molecule has 1 saturated heterocycles. The lowest BCUT2D eigenvalue weighted by Gasteiger charge is -2.43. The Morgan fingerprint density at radius 2 is 1.83 bits per heavy atom. The van der Waals surface area contributed by atoms with Crippen molar-refractivity contribution in [2.24, 2.45) is 29.6 Å². The first-order valence-corrected chi connectivity index (χ1v) is 15.7. The minimum atomic E-state index is -1.21. The van der Waals surface area contributed by atoms with Crippen molar-refractivity contribution in [3.05, 3.63) is 78.7 Å². The van der Waals surface area contributed by atoms with Crippen molar-refractivity contribution in [1.29, 1.82) is 0 Å². The summed E-state index contributed by atoms with van der Waals surface area (Å²) in [7, 11) is 0. The van der Waals surface area contributed by atoms with Crippen molar-refractivity contribution in [3.8, 4) is 5.75 Å². The molecule has 2 aliphatic heterocycles. The van der Waals surface area contributed by atoms with Crippen LogP contribution in [0.4, 0.5) is 0 Å². The van der Waals surface area contributed by atoms with Crippen molar-refractivity contribution in [3.63, 3.8) is 0 Å². The Kier molecular flexibility index (Phi) is 6.37. The van der Waals surface area contributed by atoms with Gasteiger partial charge >= 0.3 is 10.8 Å². The molecule has 212 valence electrons. The van der Waals surface area contributed by atoms with Crippen molar-refractivity contribution in [1.82, 2.24) is 9.88 Å². The van der Waals surface area contributed by atoms with E-state index in [-0.39, 0.29) is 45.6 Å². The molecule has 2 N–H and O–H groups in total. The number of halogens is 1. The van der Waals surface area contributed by atoms with E-state index in [0.717, 1.165) is 31.5 Å². The van der Waals surface area contributed by atoms with E-state index in [9.17, 15) is 24.3 Å². The molecule has 7 unspecified atom stereocenters. The fourth-order valence-electron chi connectivity index (χ4n) is 7.62. The van der Waals surface area contributed by atoms with E-state index in [4.69, 9.17) is 16.3 Å². The molecule has 2 amide bonds. The van der Waals surface area contributed by atoms with Crippen LogP contribution in [0.1, 0.15) is 40.8 Å². The van der Waals surface area contributed by atoms with Gasteiger partial charge in [0.15, 0.2) is 0 Å². The van der Waals surface area contributed by atoms with Crippen LogP contribution < -0.4 is 9.61 Å². The number of fused-ring (bicyclic) bond motifs is 9. The van der Waals surface area contributed by atoms with Crippen LogP contribution in [0, 0.1) is 36.5 Å². The topological polar surface area (TPSA) is 117 Å². The number of ether oxygens (including phenoxy) is 1. The van der Waals surface area contributed by atoms with Crippen molar-refractivity contribution < 1.29 is 24.2 Å². The number of carbonyl (C=O) groups is 3. The Morgan fingerprint density at radius 3 is 2.54 bits per heavy atom. The minimum Gasteiger partial charge on any atom is -0.489 e. The largest absolute Gasteiger partial charge is 0.489 e. The summed E-state index contributed by atoms with van der Waals surface area (Å²) >= 11 is 9.30. The second-order valence-corrected chi connectivity index (χ2v) is 14.1. The molecule has 3 aromatic rings. The first-order valence-electron chi connectivity index (χ1n) is 13.6. The second kappa shape index (κ2) is 9.74. The van der Waals surface area contributed by atoms with Crippen LogP contribution in [-0.4, -0.2) is 44.1 Å². The molecule has 2 aromatic carbocycles. The minimum absolute atomic E-state index is 0.0234. The lowest BCUT2D eigenvalue weighted by molar-refractivity contribution is -0.154. The zero-order valence-electron chi connectivity index (χ0n) is 22.2. The second-order valence-electron chi connectivity index (χ2n) is 11.5. The highest BCUT2D eigenvalue weighted by molar-refractivity contribution is 8.00. The number of imide groups is 1. The Labute approximate surface area is 249 Å². The lowest BCUT2D eigenvalue weighted by Crippen LogP contribution is -2.44. The third-order valence-electron chi connectivity index (χ3n) is 9.32. The molecule has 2 saturated carbocycles. The standard InChI is InChI=1S/C30H27ClN2O6S2/c1-12-3-5-14(6-4-12)11-39-19-8-7-15(31)9-16(19)20-21-17-10-18(24(21)40-26-25(20)41-30(38)32-26)23-22(17)27(34)33(28(23)35)13(2)29(36)37/h3-9,13,17-18,20-24H,10-11H2,1-2H3,(H,32,38)(H,36,37)/t13?,17?,18?,20-,21?,22?,23?,24?/m1/s1. The first kappa shape index (κ1) is 26.8. The summed E-state index contributed by atoms with van der Waals surface area (Å²) in [5, 5.41) is 10.9. The Balaban J connectivity index is 1.30. The molecule has 11 heteroatoms. The van der Waals surface area contributed by atoms with Crippen LogP contribution >= 0.6 is 34.7 Å². The monoisotopic (exact) mass is 610 g/mol. The van der Waals surface area contributed by atoms with Crippen molar-refractivity contribution in [2.75, 3.05) is 0 Å². The van der Waals surface area contributed by atoms with Gasteiger partial charge in [-0.1, -0.05) is 52.8 Å². The molecule has 8 atom stereocenters. The molecule has 2 bridgehead atoms. The van der Waals surface area contributed by atoms with Gasteiger partial charge < -0.3 is 14.8 Å². The Hall–Kier alpha value is -3.08. The fraction of sp³-hybridized carbons (Fsp3) is 0.400. The highest BCUT2D eigenvalue weighted by Crippen LogP contribution is 2.69. The zero-order valence-corrected chi connectivity index (χ0v) is 24.6. The summed E-state index contributed by atoms with van der Waals surface area (Å²) < 4.78 is 6.38. The average Bonchev–Trinajstić information content (AvgIpc) is 3.67. The smallest absolute Gasteiger partial charge is 0.326 e. The number of carboxylic acid groups (broad SMARTS) is 1. The maximum atomic E-state index is 13.6. The molecule has 0 radical (unpaired) electrons. The van der Waals surface area contributed by atoms with Crippen LogP contribution in [0.3, 0.4) is 0 Å². The number of H-pyrrole nitrogens is 1. The van der Waals surface area contributed by atoms with E-state index in [1.807, 2.05) is 43.3 Å². The maximum Gasteiger partial charge on any atom is 0.326 e. The van der Waals surface area contributed by atoms with Gasteiger partial charge in [-0.05, 0) is 61.8 Å². The van der Waals surface area contributed by atoms with Crippen LogP contribution in [0.5, 0.6) is 5.75 Å². The number of aliphatic carboxylic acids is 1. The number of carboxylic acids is 1. The SMILES string of the molecule is Cc1ccc(COc2ccc(Cl)cc2[C@H]2c3sc(=O)[nH]c3SC3C4CC(C5C(=O)N(C(C)C(=O)O)C(=O)C45)C32)cc1. The summed E-state index contributed by atoms with van der Waals surface area (Å²) in [6.45, 7) is 3.77. The van der Waals surface area contributed by atoms with Gasteiger partial charge in [0.25, 0.3) is 0 Å². The average molecular weight is 611 g/mol. The fourth-order valence-corrected chi connectivity index (χ4v) is 10.7. The van der Waals surface area contributed by atoms with E-state index in [2.05, 4.69) is 4.98 Å². The van der Waals surface area contributed by atoms with Crippen molar-refractivity contribution in [2.45, 2.75) is 49.1 Å². The van der Waals surface area contributed by atoms with Crippen LogP contribution in [-0.2, 0) is 21.0 Å². The summed E-state index contributed by atoms with van der Waals surface area (Å²) in [6.07, 6.45) is 0.709. The van der Waals surface area contributed by atoms with Gasteiger partial charge in [0.05, 0.1) is 16.9 Å². The maximum absolute atomic E-state index is 13.6. The molecular weight excluding hydrogens is 584 g/mol. The number of benzene rings is 2. The normalized spacial score (nSPS) is 30.2. The molecule has 3 fully saturated rings. The van der Waals surface area contributed by atoms with Crippen molar-refractivity contribution >= 4 is 52.5 Å². The van der Waals surface area contributed by atoms with Crippen LogP contribution in [0.2, 0.25) is 5.02 Å². The number of amides is 2. The Bertz CT molecular complexity index is 1650. The van der Waals surface area contributed by atoms with Gasteiger partial charge in [-0.25, -0.2) is 4.79 Å². The number of aromatic nitrogens is 1. The van der Waals surface area contributed by atoms with E-state index in [1.54, 1.807) is 17.8 Å². The molecule has 4 aliphatic rings. The number of thioether (sulfide) groups is 1.